The van der Waals surface area contributed by atoms with Gasteiger partial charge < -0.3 is 47.7 Å². The van der Waals surface area contributed by atoms with Crippen LogP contribution in [-0.2, 0) is 58.8 Å². The fraction of sp³-hybridized carbons (Fsp3) is 0.704. The minimum Gasteiger partial charge on any atom is -0.481 e. The number of rotatable bonds is 29. The highest BCUT2D eigenvalue weighted by Gasteiger charge is 2.03. The van der Waals surface area contributed by atoms with Crippen molar-refractivity contribution in [3.63, 3.8) is 0 Å². The van der Waals surface area contributed by atoms with Crippen LogP contribution in [0.1, 0.15) is 18.4 Å². The van der Waals surface area contributed by atoms with Gasteiger partial charge >= 0.3 is 11.9 Å². The number of carbonyl (C=O) groups is 2. The molecule has 0 aliphatic heterocycles. The van der Waals surface area contributed by atoms with Crippen LogP contribution in [-0.4, -0.2) is 123 Å². The van der Waals surface area contributed by atoms with E-state index >= 15 is 0 Å². The average molecular weight is 561 g/mol. The van der Waals surface area contributed by atoms with Crippen LogP contribution >= 0.6 is 0 Å². The lowest BCUT2D eigenvalue weighted by Gasteiger charge is -2.08. The normalized spacial score (nSPS) is 11.1. The van der Waals surface area contributed by atoms with E-state index in [1.165, 1.54) is 0 Å². The summed E-state index contributed by atoms with van der Waals surface area (Å²) in [6, 6.07) is 9.54. The molecule has 1 aromatic carbocycles. The standard InChI is InChI=1S/C27H44O12/c28-26(29)6-8-31-10-12-33-14-16-35-18-20-37-22-23-38-21-19-36-17-15-34-13-11-32-9-7-27(30)39-24-25-4-2-1-3-5-25/h1-5H,6-24H2,(H,28,29). The fourth-order valence-corrected chi connectivity index (χ4v) is 2.77. The van der Waals surface area contributed by atoms with Crippen molar-refractivity contribution >= 4 is 11.9 Å². The number of carboxylic acids is 1. The number of carbonyl (C=O) groups excluding carboxylic acids is 1. The SMILES string of the molecule is O=C(O)CCOCCOCCOCCOCCOCCOCCOCCOCCC(=O)OCc1ccccc1. The molecular weight excluding hydrogens is 516 g/mol. The smallest absolute Gasteiger partial charge is 0.308 e. The molecular formula is C27H44O12. The molecule has 0 saturated heterocycles. The lowest BCUT2D eigenvalue weighted by atomic mass is 10.2. The van der Waals surface area contributed by atoms with Crippen LogP contribution in [0.2, 0.25) is 0 Å². The molecule has 0 saturated carbocycles. The number of carboxylic acid groups (broad SMARTS) is 1. The average Bonchev–Trinajstić information content (AvgIpc) is 2.94. The summed E-state index contributed by atoms with van der Waals surface area (Å²) in [5, 5.41) is 8.47. The number of aliphatic carboxylic acids is 1. The first-order valence-electron chi connectivity index (χ1n) is 13.2. The molecule has 39 heavy (non-hydrogen) atoms. The molecule has 0 unspecified atom stereocenters. The number of ether oxygens (including phenoxy) is 9. The Morgan fingerprint density at radius 1 is 0.487 bits per heavy atom. The summed E-state index contributed by atoms with van der Waals surface area (Å²) in [6.07, 6.45) is 0.205. The van der Waals surface area contributed by atoms with E-state index in [0.717, 1.165) is 5.56 Å². The maximum Gasteiger partial charge on any atom is 0.308 e. The van der Waals surface area contributed by atoms with Crippen molar-refractivity contribution in [2.75, 3.05) is 106 Å². The molecule has 224 valence electrons. The highest BCUT2D eigenvalue weighted by Crippen LogP contribution is 2.01. The second kappa shape index (κ2) is 27.4. The van der Waals surface area contributed by atoms with Crippen LogP contribution in [0.5, 0.6) is 0 Å². The van der Waals surface area contributed by atoms with Gasteiger partial charge in [0, 0.05) is 0 Å². The number of hydrogen-bond donors (Lipinski definition) is 1. The van der Waals surface area contributed by atoms with Gasteiger partial charge in [0.15, 0.2) is 0 Å². The van der Waals surface area contributed by atoms with Gasteiger partial charge in [0.2, 0.25) is 0 Å². The summed E-state index contributed by atoms with van der Waals surface area (Å²) >= 11 is 0. The molecule has 0 bridgehead atoms. The zero-order valence-electron chi connectivity index (χ0n) is 22.8. The van der Waals surface area contributed by atoms with E-state index < -0.39 is 5.97 Å². The Hall–Kier alpha value is -2.16. The predicted octanol–water partition coefficient (Wildman–Crippen LogP) is 1.73. The van der Waals surface area contributed by atoms with Gasteiger partial charge in [-0.3, -0.25) is 9.59 Å². The molecule has 0 heterocycles. The van der Waals surface area contributed by atoms with Crippen molar-refractivity contribution in [2.45, 2.75) is 19.4 Å². The van der Waals surface area contributed by atoms with Gasteiger partial charge in [0.1, 0.15) is 6.61 Å². The minimum atomic E-state index is -0.877. The van der Waals surface area contributed by atoms with E-state index in [4.69, 9.17) is 47.7 Å². The van der Waals surface area contributed by atoms with Crippen molar-refractivity contribution in [3.05, 3.63) is 35.9 Å². The van der Waals surface area contributed by atoms with Gasteiger partial charge in [-0.15, -0.1) is 0 Å². The number of esters is 1. The third-order valence-electron chi connectivity index (χ3n) is 4.76. The van der Waals surface area contributed by atoms with Gasteiger partial charge in [-0.2, -0.15) is 0 Å². The molecule has 0 radical (unpaired) electrons. The Morgan fingerprint density at radius 3 is 1.18 bits per heavy atom. The molecule has 0 aliphatic rings. The van der Waals surface area contributed by atoms with Crippen molar-refractivity contribution in [3.8, 4) is 0 Å². The molecule has 1 N–H and O–H groups in total. The van der Waals surface area contributed by atoms with Crippen molar-refractivity contribution in [1.82, 2.24) is 0 Å². The molecule has 1 aromatic rings. The van der Waals surface area contributed by atoms with Crippen molar-refractivity contribution < 1.29 is 57.3 Å². The maximum absolute atomic E-state index is 11.7. The van der Waals surface area contributed by atoms with Gasteiger partial charge in [0.25, 0.3) is 0 Å². The topological polar surface area (TPSA) is 137 Å². The zero-order chi connectivity index (χ0) is 28.1. The van der Waals surface area contributed by atoms with Gasteiger partial charge in [-0.05, 0) is 5.56 Å². The third-order valence-corrected chi connectivity index (χ3v) is 4.76. The van der Waals surface area contributed by atoms with Crippen molar-refractivity contribution in [1.29, 1.82) is 0 Å². The van der Waals surface area contributed by atoms with E-state index in [-0.39, 0.29) is 32.0 Å². The third kappa shape index (κ3) is 25.9. The Bertz CT molecular complexity index is 689. The lowest BCUT2D eigenvalue weighted by Crippen LogP contribution is -2.15. The fourth-order valence-electron chi connectivity index (χ4n) is 2.77. The zero-order valence-corrected chi connectivity index (χ0v) is 22.8. The van der Waals surface area contributed by atoms with Crippen LogP contribution in [0.25, 0.3) is 0 Å². The second-order valence-electron chi connectivity index (χ2n) is 7.94. The minimum absolute atomic E-state index is 0.00466. The summed E-state index contributed by atoms with van der Waals surface area (Å²) in [6.45, 7) is 7.00. The van der Waals surface area contributed by atoms with Gasteiger partial charge in [-0.25, -0.2) is 0 Å². The summed E-state index contributed by atoms with van der Waals surface area (Å²) in [7, 11) is 0. The maximum atomic E-state index is 11.7. The lowest BCUT2D eigenvalue weighted by molar-refractivity contribution is -0.146. The Kier molecular flexibility index (Phi) is 24.5. The van der Waals surface area contributed by atoms with Crippen LogP contribution in [0.4, 0.5) is 0 Å². The van der Waals surface area contributed by atoms with E-state index in [1.54, 1.807) is 0 Å². The quantitative estimate of drug-likeness (QED) is 0.113. The summed E-state index contributed by atoms with van der Waals surface area (Å²) in [5.41, 5.74) is 0.956. The Labute approximate surface area is 230 Å². The largest absolute Gasteiger partial charge is 0.481 e. The van der Waals surface area contributed by atoms with Crippen LogP contribution in [0.15, 0.2) is 30.3 Å². The van der Waals surface area contributed by atoms with Crippen LogP contribution in [0, 0.1) is 0 Å². The monoisotopic (exact) mass is 560 g/mol. The predicted molar refractivity (Wildman–Crippen MR) is 140 cm³/mol. The molecule has 0 atom stereocenters. The highest BCUT2D eigenvalue weighted by molar-refractivity contribution is 5.69. The number of hydrogen-bond acceptors (Lipinski definition) is 11. The molecule has 1 rings (SSSR count). The Morgan fingerprint density at radius 2 is 0.821 bits per heavy atom. The Balaban J connectivity index is 1.67. The summed E-state index contributed by atoms with van der Waals surface area (Å²) in [5.74, 6) is -1.16. The van der Waals surface area contributed by atoms with E-state index in [2.05, 4.69) is 0 Å². The van der Waals surface area contributed by atoms with Gasteiger partial charge in [0.05, 0.1) is 119 Å². The molecule has 0 amide bonds. The first-order valence-corrected chi connectivity index (χ1v) is 13.2. The van der Waals surface area contributed by atoms with E-state index in [0.29, 0.717) is 99.1 Å². The van der Waals surface area contributed by atoms with Crippen LogP contribution in [0.3, 0.4) is 0 Å². The molecule has 0 aliphatic carbocycles. The highest BCUT2D eigenvalue weighted by atomic mass is 16.6. The van der Waals surface area contributed by atoms with Gasteiger partial charge in [-0.1, -0.05) is 30.3 Å². The van der Waals surface area contributed by atoms with Crippen molar-refractivity contribution in [2.24, 2.45) is 0 Å². The molecule has 0 fully saturated rings. The molecule has 0 spiro atoms. The summed E-state index contributed by atoms with van der Waals surface area (Å²) < 4.78 is 48.0. The van der Waals surface area contributed by atoms with E-state index in [9.17, 15) is 9.59 Å². The molecule has 0 aromatic heterocycles. The molecule has 12 nitrogen and oxygen atoms in total. The molecule has 12 heteroatoms. The second-order valence-corrected chi connectivity index (χ2v) is 7.94. The first-order chi connectivity index (χ1) is 19.2. The van der Waals surface area contributed by atoms with Crippen LogP contribution < -0.4 is 0 Å². The van der Waals surface area contributed by atoms with E-state index in [1.807, 2.05) is 30.3 Å². The first kappa shape index (κ1) is 34.9. The summed E-state index contributed by atoms with van der Waals surface area (Å²) in [4.78, 5) is 22.0. The number of benzene rings is 1.